The number of carboxylic acid groups (broad SMARTS) is 1. The molecule has 1 saturated heterocycles. The van der Waals surface area contributed by atoms with Gasteiger partial charge in [-0.25, -0.2) is 4.79 Å². The topological polar surface area (TPSA) is 83.6 Å². The first-order chi connectivity index (χ1) is 9.83. The molecule has 1 aliphatic rings. The molecule has 0 radical (unpaired) electrons. The van der Waals surface area contributed by atoms with Crippen LogP contribution in [0.3, 0.4) is 0 Å². The van der Waals surface area contributed by atoms with Crippen LogP contribution in [0.2, 0.25) is 5.02 Å². The van der Waals surface area contributed by atoms with Gasteiger partial charge in [-0.3, -0.25) is 4.79 Å². The summed E-state index contributed by atoms with van der Waals surface area (Å²) in [5.41, 5.74) is 6.33. The second-order valence-corrected chi connectivity index (χ2v) is 5.85. The SMILES string of the molecule is CC1(C(N)=O)CCN(c2cccc(Cl)c2/C=C/C(=O)O)C1. The van der Waals surface area contributed by atoms with Gasteiger partial charge in [-0.1, -0.05) is 17.7 Å². The van der Waals surface area contributed by atoms with Crippen LogP contribution in [0.25, 0.3) is 6.08 Å². The van der Waals surface area contributed by atoms with Gasteiger partial charge in [0.15, 0.2) is 0 Å². The van der Waals surface area contributed by atoms with E-state index in [4.69, 9.17) is 22.4 Å². The van der Waals surface area contributed by atoms with E-state index in [0.717, 1.165) is 11.8 Å². The molecule has 1 amide bonds. The van der Waals surface area contributed by atoms with Gasteiger partial charge in [0.25, 0.3) is 0 Å². The Morgan fingerprint density at radius 1 is 1.48 bits per heavy atom. The number of nitrogens with zero attached hydrogens (tertiary/aromatic N) is 1. The lowest BCUT2D eigenvalue weighted by atomic mass is 9.89. The molecule has 1 heterocycles. The second kappa shape index (κ2) is 5.77. The molecule has 1 unspecified atom stereocenters. The molecular weight excluding hydrogens is 292 g/mol. The summed E-state index contributed by atoms with van der Waals surface area (Å²) >= 11 is 6.16. The Morgan fingerprint density at radius 2 is 2.19 bits per heavy atom. The summed E-state index contributed by atoms with van der Waals surface area (Å²) in [6, 6.07) is 5.37. The maximum atomic E-state index is 11.5. The lowest BCUT2D eigenvalue weighted by molar-refractivity contribution is -0.131. The number of amides is 1. The van der Waals surface area contributed by atoms with Crippen LogP contribution in [0.1, 0.15) is 18.9 Å². The normalized spacial score (nSPS) is 21.9. The van der Waals surface area contributed by atoms with Gasteiger partial charge >= 0.3 is 5.97 Å². The molecule has 21 heavy (non-hydrogen) atoms. The van der Waals surface area contributed by atoms with Gasteiger partial charge < -0.3 is 15.7 Å². The second-order valence-electron chi connectivity index (χ2n) is 5.44. The van der Waals surface area contributed by atoms with Crippen molar-refractivity contribution in [2.75, 3.05) is 18.0 Å². The molecule has 1 atom stereocenters. The zero-order valence-electron chi connectivity index (χ0n) is 11.7. The summed E-state index contributed by atoms with van der Waals surface area (Å²) in [4.78, 5) is 24.3. The number of halogens is 1. The minimum absolute atomic E-state index is 0.324. The van der Waals surface area contributed by atoms with Crippen LogP contribution in [-0.4, -0.2) is 30.1 Å². The Balaban J connectivity index is 2.35. The minimum Gasteiger partial charge on any atom is -0.478 e. The maximum absolute atomic E-state index is 11.5. The molecule has 0 bridgehead atoms. The molecule has 112 valence electrons. The van der Waals surface area contributed by atoms with Gasteiger partial charge in [-0.2, -0.15) is 0 Å². The Morgan fingerprint density at radius 3 is 2.76 bits per heavy atom. The lowest BCUT2D eigenvalue weighted by Crippen LogP contribution is -2.37. The molecule has 2 rings (SSSR count). The van der Waals surface area contributed by atoms with Crippen LogP contribution in [-0.2, 0) is 9.59 Å². The number of benzene rings is 1. The zero-order valence-corrected chi connectivity index (χ0v) is 12.4. The van der Waals surface area contributed by atoms with Gasteiger partial charge in [0.05, 0.1) is 5.41 Å². The number of carbonyl (C=O) groups is 2. The fourth-order valence-corrected chi connectivity index (χ4v) is 2.72. The number of carbonyl (C=O) groups excluding carboxylic acids is 1. The van der Waals surface area contributed by atoms with E-state index in [1.165, 1.54) is 6.08 Å². The summed E-state index contributed by atoms with van der Waals surface area (Å²) < 4.78 is 0. The van der Waals surface area contributed by atoms with Crippen molar-refractivity contribution in [3.05, 3.63) is 34.9 Å². The highest BCUT2D eigenvalue weighted by Gasteiger charge is 2.39. The van der Waals surface area contributed by atoms with E-state index in [2.05, 4.69) is 0 Å². The third kappa shape index (κ3) is 3.19. The van der Waals surface area contributed by atoms with Gasteiger partial charge in [0.2, 0.25) is 5.91 Å². The Kier molecular flexibility index (Phi) is 4.23. The summed E-state index contributed by atoms with van der Waals surface area (Å²) in [6.07, 6.45) is 3.19. The predicted molar refractivity (Wildman–Crippen MR) is 82.3 cm³/mol. The molecule has 0 aliphatic carbocycles. The first-order valence-corrected chi connectivity index (χ1v) is 6.96. The lowest BCUT2D eigenvalue weighted by Gasteiger charge is -2.24. The summed E-state index contributed by atoms with van der Waals surface area (Å²) in [5, 5.41) is 9.24. The summed E-state index contributed by atoms with van der Waals surface area (Å²) in [6.45, 7) is 3.01. The van der Waals surface area contributed by atoms with E-state index in [1.807, 2.05) is 17.9 Å². The first-order valence-electron chi connectivity index (χ1n) is 6.58. The smallest absolute Gasteiger partial charge is 0.328 e. The fourth-order valence-electron chi connectivity index (χ4n) is 2.49. The molecule has 0 aromatic heterocycles. The highest BCUT2D eigenvalue weighted by atomic mass is 35.5. The largest absolute Gasteiger partial charge is 0.478 e. The number of aliphatic carboxylic acids is 1. The number of primary amides is 1. The van der Waals surface area contributed by atoms with Crippen molar-refractivity contribution in [2.24, 2.45) is 11.1 Å². The summed E-state index contributed by atoms with van der Waals surface area (Å²) in [7, 11) is 0. The van der Waals surface area contributed by atoms with E-state index < -0.39 is 11.4 Å². The van der Waals surface area contributed by atoms with Gasteiger partial charge in [0.1, 0.15) is 0 Å². The Bertz CT molecular complexity index is 615. The van der Waals surface area contributed by atoms with Crippen LogP contribution in [0.4, 0.5) is 5.69 Å². The van der Waals surface area contributed by atoms with Crippen LogP contribution in [0.5, 0.6) is 0 Å². The number of nitrogens with two attached hydrogens (primary N) is 1. The quantitative estimate of drug-likeness (QED) is 0.835. The number of anilines is 1. The number of hydrogen-bond donors (Lipinski definition) is 2. The molecule has 0 saturated carbocycles. The van der Waals surface area contributed by atoms with E-state index >= 15 is 0 Å². The number of rotatable bonds is 4. The van der Waals surface area contributed by atoms with Crippen molar-refractivity contribution in [2.45, 2.75) is 13.3 Å². The van der Waals surface area contributed by atoms with Crippen molar-refractivity contribution in [1.82, 2.24) is 0 Å². The molecule has 5 nitrogen and oxygen atoms in total. The van der Waals surface area contributed by atoms with Crippen LogP contribution >= 0.6 is 11.6 Å². The van der Waals surface area contributed by atoms with Crippen molar-refractivity contribution < 1.29 is 14.7 Å². The molecule has 3 N–H and O–H groups in total. The zero-order chi connectivity index (χ0) is 15.6. The highest BCUT2D eigenvalue weighted by Crippen LogP contribution is 2.36. The summed E-state index contributed by atoms with van der Waals surface area (Å²) in [5.74, 6) is -1.36. The van der Waals surface area contributed by atoms with Crippen molar-refractivity contribution in [3.8, 4) is 0 Å². The maximum Gasteiger partial charge on any atom is 0.328 e. The van der Waals surface area contributed by atoms with Gasteiger partial charge in [-0.15, -0.1) is 0 Å². The highest BCUT2D eigenvalue weighted by molar-refractivity contribution is 6.32. The third-order valence-corrected chi connectivity index (χ3v) is 4.16. The average molecular weight is 309 g/mol. The number of hydrogen-bond acceptors (Lipinski definition) is 3. The minimum atomic E-state index is -1.04. The van der Waals surface area contributed by atoms with E-state index in [0.29, 0.717) is 30.1 Å². The molecule has 1 aromatic carbocycles. The average Bonchev–Trinajstić information content (AvgIpc) is 2.81. The number of carboxylic acids is 1. The molecular formula is C15H17ClN2O3. The van der Waals surface area contributed by atoms with E-state index in [1.54, 1.807) is 12.1 Å². The van der Waals surface area contributed by atoms with Crippen molar-refractivity contribution >= 4 is 35.2 Å². The molecule has 1 fully saturated rings. The monoisotopic (exact) mass is 308 g/mol. The van der Waals surface area contributed by atoms with Crippen molar-refractivity contribution in [1.29, 1.82) is 0 Å². The first kappa shape index (κ1) is 15.4. The van der Waals surface area contributed by atoms with Crippen LogP contribution in [0.15, 0.2) is 24.3 Å². The van der Waals surface area contributed by atoms with E-state index in [-0.39, 0.29) is 5.91 Å². The van der Waals surface area contributed by atoms with Gasteiger partial charge in [0, 0.05) is 35.4 Å². The Hall–Kier alpha value is -2.01. The molecule has 6 heteroatoms. The predicted octanol–water partition coefficient (Wildman–Crippen LogP) is 2.14. The third-order valence-electron chi connectivity index (χ3n) is 3.83. The van der Waals surface area contributed by atoms with Crippen molar-refractivity contribution in [3.63, 3.8) is 0 Å². The van der Waals surface area contributed by atoms with Crippen LogP contribution < -0.4 is 10.6 Å². The molecule has 0 spiro atoms. The van der Waals surface area contributed by atoms with E-state index in [9.17, 15) is 9.59 Å². The molecule has 1 aromatic rings. The standard InChI is InChI=1S/C15H17ClN2O3/c1-15(14(17)21)7-8-18(9-15)12-4-2-3-11(16)10(12)5-6-13(19)20/h2-6H,7-9H2,1H3,(H2,17,21)(H,19,20)/b6-5+. The molecule has 1 aliphatic heterocycles. The van der Waals surface area contributed by atoms with Crippen LogP contribution in [0, 0.1) is 5.41 Å². The van der Waals surface area contributed by atoms with Gasteiger partial charge in [-0.05, 0) is 31.6 Å². The fraction of sp³-hybridized carbons (Fsp3) is 0.333. The Labute approximate surface area is 128 Å².